The van der Waals surface area contributed by atoms with Crippen molar-refractivity contribution in [2.45, 2.75) is 13.5 Å². The molecule has 1 N–H and O–H groups in total. The van der Waals surface area contributed by atoms with Gasteiger partial charge in [0.05, 0.1) is 5.56 Å². The number of para-hydroxylation sites is 1. The molecule has 1 aromatic heterocycles. The molecule has 5 nitrogen and oxygen atoms in total. The summed E-state index contributed by atoms with van der Waals surface area (Å²) in [4.78, 5) is 21.7. The zero-order valence-corrected chi connectivity index (χ0v) is 16.7. The van der Waals surface area contributed by atoms with Gasteiger partial charge in [0.15, 0.2) is 0 Å². The second-order valence-electron chi connectivity index (χ2n) is 7.32. The SMILES string of the molecule is Cc1ccccc1CNC(=O)c1ccc(N2CCN(c3ccccc3)CC2)nc1. The Balaban J connectivity index is 1.32. The third-order valence-corrected chi connectivity index (χ3v) is 5.44. The molecular weight excluding hydrogens is 360 g/mol. The van der Waals surface area contributed by atoms with E-state index in [0.29, 0.717) is 12.1 Å². The monoisotopic (exact) mass is 386 g/mol. The van der Waals surface area contributed by atoms with Crippen LogP contribution in [0.4, 0.5) is 11.5 Å². The molecule has 1 fully saturated rings. The van der Waals surface area contributed by atoms with E-state index in [2.05, 4.69) is 57.4 Å². The Bertz CT molecular complexity index is 948. The highest BCUT2D eigenvalue weighted by atomic mass is 16.1. The molecule has 0 saturated carbocycles. The minimum Gasteiger partial charge on any atom is -0.368 e. The number of anilines is 2. The smallest absolute Gasteiger partial charge is 0.253 e. The van der Waals surface area contributed by atoms with Crippen molar-refractivity contribution < 1.29 is 4.79 Å². The van der Waals surface area contributed by atoms with Crippen LogP contribution in [0, 0.1) is 6.92 Å². The van der Waals surface area contributed by atoms with Gasteiger partial charge in [0, 0.05) is 44.6 Å². The van der Waals surface area contributed by atoms with Crippen LogP contribution < -0.4 is 15.1 Å². The molecule has 0 unspecified atom stereocenters. The van der Waals surface area contributed by atoms with Gasteiger partial charge in [0.1, 0.15) is 5.82 Å². The fourth-order valence-corrected chi connectivity index (χ4v) is 3.63. The van der Waals surface area contributed by atoms with Gasteiger partial charge < -0.3 is 15.1 Å². The fraction of sp³-hybridized carbons (Fsp3) is 0.250. The molecule has 2 heterocycles. The second kappa shape index (κ2) is 8.78. The lowest BCUT2D eigenvalue weighted by molar-refractivity contribution is 0.0950. The number of hydrogen-bond donors (Lipinski definition) is 1. The van der Waals surface area contributed by atoms with Crippen LogP contribution in [-0.4, -0.2) is 37.1 Å². The van der Waals surface area contributed by atoms with Gasteiger partial charge in [-0.3, -0.25) is 4.79 Å². The van der Waals surface area contributed by atoms with E-state index in [1.165, 1.54) is 11.3 Å². The number of piperazine rings is 1. The molecule has 0 aliphatic carbocycles. The number of amides is 1. The van der Waals surface area contributed by atoms with Crippen molar-refractivity contribution in [3.63, 3.8) is 0 Å². The van der Waals surface area contributed by atoms with E-state index in [0.717, 1.165) is 37.6 Å². The van der Waals surface area contributed by atoms with Crippen molar-refractivity contribution in [3.8, 4) is 0 Å². The molecule has 1 amide bonds. The number of nitrogens with zero attached hydrogens (tertiary/aromatic N) is 3. The third kappa shape index (κ3) is 4.57. The van der Waals surface area contributed by atoms with Crippen LogP contribution in [-0.2, 0) is 6.54 Å². The van der Waals surface area contributed by atoms with Crippen molar-refractivity contribution >= 4 is 17.4 Å². The lowest BCUT2D eigenvalue weighted by Crippen LogP contribution is -2.46. The standard InChI is InChI=1S/C24H26N4O/c1-19-7-5-6-8-20(19)17-26-24(29)21-11-12-23(25-18-21)28-15-13-27(14-16-28)22-9-3-2-4-10-22/h2-12,18H,13-17H2,1H3,(H,26,29). The maximum absolute atomic E-state index is 12.4. The molecule has 29 heavy (non-hydrogen) atoms. The third-order valence-electron chi connectivity index (χ3n) is 5.44. The van der Waals surface area contributed by atoms with Crippen molar-refractivity contribution in [1.29, 1.82) is 0 Å². The van der Waals surface area contributed by atoms with Crippen LogP contribution in [0.2, 0.25) is 0 Å². The predicted octanol–water partition coefficient (Wildman–Crippen LogP) is 3.65. The Morgan fingerprint density at radius 1 is 0.897 bits per heavy atom. The average Bonchev–Trinajstić information content (AvgIpc) is 2.79. The topological polar surface area (TPSA) is 48.5 Å². The van der Waals surface area contributed by atoms with E-state index >= 15 is 0 Å². The summed E-state index contributed by atoms with van der Waals surface area (Å²) in [6.45, 7) is 6.33. The van der Waals surface area contributed by atoms with Gasteiger partial charge in [0.25, 0.3) is 5.91 Å². The number of carbonyl (C=O) groups is 1. The molecule has 0 spiro atoms. The van der Waals surface area contributed by atoms with E-state index < -0.39 is 0 Å². The molecule has 1 saturated heterocycles. The van der Waals surface area contributed by atoms with E-state index in [9.17, 15) is 4.79 Å². The molecule has 1 aliphatic heterocycles. The van der Waals surface area contributed by atoms with E-state index in [1.54, 1.807) is 6.20 Å². The first-order valence-electron chi connectivity index (χ1n) is 10.0. The molecule has 148 valence electrons. The zero-order chi connectivity index (χ0) is 20.1. The molecule has 3 aromatic rings. The molecule has 2 aromatic carbocycles. The first-order chi connectivity index (χ1) is 14.2. The number of hydrogen-bond acceptors (Lipinski definition) is 4. The van der Waals surface area contributed by atoms with Gasteiger partial charge in [-0.25, -0.2) is 4.98 Å². The number of aromatic nitrogens is 1. The van der Waals surface area contributed by atoms with Crippen molar-refractivity contribution in [2.24, 2.45) is 0 Å². The second-order valence-corrected chi connectivity index (χ2v) is 7.32. The van der Waals surface area contributed by atoms with Crippen molar-refractivity contribution in [1.82, 2.24) is 10.3 Å². The quantitative estimate of drug-likeness (QED) is 0.727. The lowest BCUT2D eigenvalue weighted by atomic mass is 10.1. The summed E-state index contributed by atoms with van der Waals surface area (Å²) in [5.41, 5.74) is 4.16. The van der Waals surface area contributed by atoms with E-state index in [-0.39, 0.29) is 5.91 Å². The maximum atomic E-state index is 12.4. The Labute approximate surface area is 172 Å². The Morgan fingerprint density at radius 2 is 1.59 bits per heavy atom. The number of aryl methyl sites for hydroxylation is 1. The minimum absolute atomic E-state index is 0.0961. The number of nitrogens with one attached hydrogen (secondary N) is 1. The van der Waals surface area contributed by atoms with E-state index in [4.69, 9.17) is 0 Å². The van der Waals surface area contributed by atoms with Crippen molar-refractivity contribution in [3.05, 3.63) is 89.6 Å². The highest BCUT2D eigenvalue weighted by Gasteiger charge is 2.18. The zero-order valence-electron chi connectivity index (χ0n) is 16.7. The highest BCUT2D eigenvalue weighted by molar-refractivity contribution is 5.94. The minimum atomic E-state index is -0.0961. The Hall–Kier alpha value is -3.34. The van der Waals surface area contributed by atoms with Crippen LogP contribution in [0.3, 0.4) is 0 Å². The van der Waals surface area contributed by atoms with Gasteiger partial charge in [-0.05, 0) is 42.3 Å². The van der Waals surface area contributed by atoms with Gasteiger partial charge >= 0.3 is 0 Å². The molecule has 4 rings (SSSR count). The van der Waals surface area contributed by atoms with Gasteiger partial charge in [-0.2, -0.15) is 0 Å². The van der Waals surface area contributed by atoms with Crippen LogP contribution >= 0.6 is 0 Å². The molecule has 1 aliphatic rings. The summed E-state index contributed by atoms with van der Waals surface area (Å²) < 4.78 is 0. The molecular formula is C24H26N4O. The van der Waals surface area contributed by atoms with Crippen LogP contribution in [0.25, 0.3) is 0 Å². The molecule has 0 atom stereocenters. The summed E-state index contributed by atoms with van der Waals surface area (Å²) in [6.07, 6.45) is 1.67. The summed E-state index contributed by atoms with van der Waals surface area (Å²) in [6, 6.07) is 22.4. The predicted molar refractivity (Wildman–Crippen MR) is 117 cm³/mol. The summed E-state index contributed by atoms with van der Waals surface area (Å²) in [5.74, 6) is 0.828. The van der Waals surface area contributed by atoms with Gasteiger partial charge in [0.2, 0.25) is 0 Å². The van der Waals surface area contributed by atoms with Crippen LogP contribution in [0.1, 0.15) is 21.5 Å². The Kier molecular flexibility index (Phi) is 5.75. The summed E-state index contributed by atoms with van der Waals surface area (Å²) in [5, 5.41) is 2.98. The number of carbonyl (C=O) groups excluding carboxylic acids is 1. The average molecular weight is 386 g/mol. The largest absolute Gasteiger partial charge is 0.368 e. The lowest BCUT2D eigenvalue weighted by Gasteiger charge is -2.36. The maximum Gasteiger partial charge on any atom is 0.253 e. The molecule has 5 heteroatoms. The van der Waals surface area contributed by atoms with E-state index in [1.807, 2.05) is 36.4 Å². The van der Waals surface area contributed by atoms with Gasteiger partial charge in [-0.15, -0.1) is 0 Å². The highest BCUT2D eigenvalue weighted by Crippen LogP contribution is 2.19. The fourth-order valence-electron chi connectivity index (χ4n) is 3.63. The summed E-state index contributed by atoms with van der Waals surface area (Å²) in [7, 11) is 0. The molecule has 0 radical (unpaired) electrons. The number of benzene rings is 2. The van der Waals surface area contributed by atoms with Crippen molar-refractivity contribution in [2.75, 3.05) is 36.0 Å². The number of rotatable bonds is 5. The van der Waals surface area contributed by atoms with Crippen LogP contribution in [0.5, 0.6) is 0 Å². The van der Waals surface area contributed by atoms with Crippen LogP contribution in [0.15, 0.2) is 72.9 Å². The first-order valence-corrected chi connectivity index (χ1v) is 10.0. The normalized spacial score (nSPS) is 14.0. The first kappa shape index (κ1) is 19.0. The number of pyridine rings is 1. The Morgan fingerprint density at radius 3 is 2.28 bits per heavy atom. The van der Waals surface area contributed by atoms with Gasteiger partial charge in [-0.1, -0.05) is 42.5 Å². The summed E-state index contributed by atoms with van der Waals surface area (Å²) >= 11 is 0. The molecule has 0 bridgehead atoms.